The molecule has 0 saturated heterocycles. The summed E-state index contributed by atoms with van der Waals surface area (Å²) in [6.45, 7) is 0.789. The summed E-state index contributed by atoms with van der Waals surface area (Å²) in [5.74, 6) is 0. The summed E-state index contributed by atoms with van der Waals surface area (Å²) in [6.07, 6.45) is -0.690. The van der Waals surface area contributed by atoms with Crippen molar-refractivity contribution >= 4 is 11.6 Å². The maximum atomic E-state index is 10.6. The molecule has 2 aromatic carbocycles. The fourth-order valence-electron chi connectivity index (χ4n) is 2.15. The van der Waals surface area contributed by atoms with Gasteiger partial charge in [-0.1, -0.05) is 54.1 Å². The third-order valence-electron chi connectivity index (χ3n) is 3.04. The summed E-state index contributed by atoms with van der Waals surface area (Å²) in [7, 11) is 4.03. The van der Waals surface area contributed by atoms with Gasteiger partial charge in [-0.3, -0.25) is 0 Å². The second-order valence-electron chi connectivity index (χ2n) is 4.86. The maximum absolute atomic E-state index is 10.6. The molecule has 0 bridgehead atoms. The Hall–Kier alpha value is -1.35. The molecule has 1 atom stereocenters. The van der Waals surface area contributed by atoms with E-state index in [1.54, 1.807) is 6.07 Å². The first kappa shape index (κ1) is 14.1. The van der Waals surface area contributed by atoms with Crippen molar-refractivity contribution in [3.8, 4) is 0 Å². The zero-order chi connectivity index (χ0) is 13.8. The van der Waals surface area contributed by atoms with Crippen LogP contribution in [0.25, 0.3) is 0 Å². The van der Waals surface area contributed by atoms with Gasteiger partial charge in [0, 0.05) is 17.1 Å². The molecule has 100 valence electrons. The Bertz CT molecular complexity index is 554. The van der Waals surface area contributed by atoms with Crippen molar-refractivity contribution in [3.05, 3.63) is 70.2 Å². The number of hydrogen-bond donors (Lipinski definition) is 1. The highest BCUT2D eigenvalue weighted by Crippen LogP contribution is 2.30. The minimum atomic E-state index is -0.690. The van der Waals surface area contributed by atoms with Crippen LogP contribution < -0.4 is 0 Å². The molecule has 0 aliphatic heterocycles. The number of hydrogen-bond acceptors (Lipinski definition) is 2. The van der Waals surface area contributed by atoms with Crippen molar-refractivity contribution in [2.24, 2.45) is 0 Å². The second-order valence-corrected chi connectivity index (χ2v) is 5.27. The Morgan fingerprint density at radius 2 is 1.58 bits per heavy atom. The number of aliphatic hydroxyl groups is 1. The van der Waals surface area contributed by atoms with Crippen LogP contribution in [0.1, 0.15) is 22.8 Å². The summed E-state index contributed by atoms with van der Waals surface area (Å²) in [5.41, 5.74) is 2.76. The SMILES string of the molecule is CN(C)Cc1ccccc1C(O)c1ccccc1Cl. The Balaban J connectivity index is 2.39. The van der Waals surface area contributed by atoms with Gasteiger partial charge in [-0.25, -0.2) is 0 Å². The topological polar surface area (TPSA) is 23.5 Å². The smallest absolute Gasteiger partial charge is 0.106 e. The molecule has 19 heavy (non-hydrogen) atoms. The molecule has 0 aliphatic rings. The zero-order valence-corrected chi connectivity index (χ0v) is 11.9. The van der Waals surface area contributed by atoms with E-state index in [1.165, 1.54) is 0 Å². The van der Waals surface area contributed by atoms with Crippen molar-refractivity contribution in [1.82, 2.24) is 4.90 Å². The molecule has 3 heteroatoms. The number of halogens is 1. The Morgan fingerprint density at radius 1 is 1.00 bits per heavy atom. The maximum Gasteiger partial charge on any atom is 0.106 e. The Labute approximate surface area is 119 Å². The van der Waals surface area contributed by atoms with Gasteiger partial charge in [-0.15, -0.1) is 0 Å². The predicted octanol–water partition coefficient (Wildman–Crippen LogP) is 3.48. The molecule has 0 fully saturated rings. The molecule has 0 amide bonds. The summed E-state index contributed by atoms with van der Waals surface area (Å²) < 4.78 is 0. The lowest BCUT2D eigenvalue weighted by Gasteiger charge is -2.19. The third kappa shape index (κ3) is 3.35. The van der Waals surface area contributed by atoms with Crippen LogP contribution >= 0.6 is 11.6 Å². The van der Waals surface area contributed by atoms with Gasteiger partial charge < -0.3 is 10.0 Å². The first-order valence-corrected chi connectivity index (χ1v) is 6.62. The molecule has 0 spiro atoms. The highest BCUT2D eigenvalue weighted by Gasteiger charge is 2.16. The highest BCUT2D eigenvalue weighted by atomic mass is 35.5. The fourth-order valence-corrected chi connectivity index (χ4v) is 2.39. The van der Waals surface area contributed by atoms with E-state index in [1.807, 2.05) is 56.6 Å². The molecule has 0 saturated carbocycles. The molecule has 2 rings (SSSR count). The number of nitrogens with zero attached hydrogens (tertiary/aromatic N) is 1. The largest absolute Gasteiger partial charge is 0.384 e. The molecule has 0 heterocycles. The summed E-state index contributed by atoms with van der Waals surface area (Å²) in [4.78, 5) is 2.08. The minimum Gasteiger partial charge on any atom is -0.384 e. The Morgan fingerprint density at radius 3 is 2.21 bits per heavy atom. The van der Waals surface area contributed by atoms with Crippen LogP contribution in [0.2, 0.25) is 5.02 Å². The van der Waals surface area contributed by atoms with E-state index >= 15 is 0 Å². The van der Waals surface area contributed by atoms with Crippen molar-refractivity contribution < 1.29 is 5.11 Å². The van der Waals surface area contributed by atoms with Gasteiger partial charge in [0.25, 0.3) is 0 Å². The first-order chi connectivity index (χ1) is 9.09. The van der Waals surface area contributed by atoms with Crippen LogP contribution in [0, 0.1) is 0 Å². The number of rotatable bonds is 4. The van der Waals surface area contributed by atoms with Crippen molar-refractivity contribution in [1.29, 1.82) is 0 Å². The molecule has 0 radical (unpaired) electrons. The van der Waals surface area contributed by atoms with Gasteiger partial charge in [0.15, 0.2) is 0 Å². The zero-order valence-electron chi connectivity index (χ0n) is 11.2. The predicted molar refractivity (Wildman–Crippen MR) is 79.3 cm³/mol. The van der Waals surface area contributed by atoms with Gasteiger partial charge >= 0.3 is 0 Å². The lowest BCUT2D eigenvalue weighted by atomic mass is 9.96. The average Bonchev–Trinajstić information content (AvgIpc) is 2.38. The minimum absolute atomic E-state index is 0.592. The number of aliphatic hydroxyl groups excluding tert-OH is 1. The second kappa shape index (κ2) is 6.20. The van der Waals surface area contributed by atoms with Crippen molar-refractivity contribution in [3.63, 3.8) is 0 Å². The fraction of sp³-hybridized carbons (Fsp3) is 0.250. The van der Waals surface area contributed by atoms with Crippen LogP contribution in [0.15, 0.2) is 48.5 Å². The van der Waals surface area contributed by atoms with Crippen molar-refractivity contribution in [2.75, 3.05) is 14.1 Å². The monoisotopic (exact) mass is 275 g/mol. The van der Waals surface area contributed by atoms with Crippen LogP contribution in [0.3, 0.4) is 0 Å². The standard InChI is InChI=1S/C16H18ClNO/c1-18(2)11-12-7-3-4-8-13(12)16(19)14-9-5-6-10-15(14)17/h3-10,16,19H,11H2,1-2H3. The molecule has 1 unspecified atom stereocenters. The van der Waals surface area contributed by atoms with E-state index in [0.29, 0.717) is 5.02 Å². The van der Waals surface area contributed by atoms with E-state index in [-0.39, 0.29) is 0 Å². The van der Waals surface area contributed by atoms with E-state index in [0.717, 1.165) is 23.2 Å². The number of benzene rings is 2. The normalized spacial score (nSPS) is 12.7. The molecule has 1 N–H and O–H groups in total. The van der Waals surface area contributed by atoms with Gasteiger partial charge in [0.2, 0.25) is 0 Å². The van der Waals surface area contributed by atoms with Crippen LogP contribution in [-0.4, -0.2) is 24.1 Å². The molecule has 0 aromatic heterocycles. The van der Waals surface area contributed by atoms with E-state index < -0.39 is 6.10 Å². The van der Waals surface area contributed by atoms with E-state index in [4.69, 9.17) is 11.6 Å². The molecule has 0 aliphatic carbocycles. The summed E-state index contributed by atoms with van der Waals surface area (Å²) >= 11 is 6.16. The van der Waals surface area contributed by atoms with Gasteiger partial charge in [-0.2, -0.15) is 0 Å². The van der Waals surface area contributed by atoms with Crippen LogP contribution in [0.5, 0.6) is 0 Å². The Kier molecular flexibility index (Phi) is 4.59. The molecular formula is C16H18ClNO. The molecule has 2 aromatic rings. The molecule has 2 nitrogen and oxygen atoms in total. The van der Waals surface area contributed by atoms with Gasteiger partial charge in [0.1, 0.15) is 6.10 Å². The highest BCUT2D eigenvalue weighted by molar-refractivity contribution is 6.31. The summed E-state index contributed by atoms with van der Waals surface area (Å²) in [6, 6.07) is 15.3. The van der Waals surface area contributed by atoms with Crippen molar-refractivity contribution in [2.45, 2.75) is 12.6 Å². The third-order valence-corrected chi connectivity index (χ3v) is 3.38. The van der Waals surface area contributed by atoms with E-state index in [9.17, 15) is 5.11 Å². The van der Waals surface area contributed by atoms with Gasteiger partial charge in [0.05, 0.1) is 0 Å². The van der Waals surface area contributed by atoms with Gasteiger partial charge in [-0.05, 0) is 31.3 Å². The lowest BCUT2D eigenvalue weighted by Crippen LogP contribution is -2.14. The lowest BCUT2D eigenvalue weighted by molar-refractivity contribution is 0.218. The van der Waals surface area contributed by atoms with Crippen LogP contribution in [-0.2, 0) is 6.54 Å². The van der Waals surface area contributed by atoms with Crippen LogP contribution in [0.4, 0.5) is 0 Å². The average molecular weight is 276 g/mol. The first-order valence-electron chi connectivity index (χ1n) is 6.24. The summed E-state index contributed by atoms with van der Waals surface area (Å²) in [5, 5.41) is 11.2. The quantitative estimate of drug-likeness (QED) is 0.923. The van der Waals surface area contributed by atoms with E-state index in [2.05, 4.69) is 4.90 Å². The molecular weight excluding hydrogens is 258 g/mol.